The lowest BCUT2D eigenvalue weighted by molar-refractivity contribution is -0.361. The summed E-state index contributed by atoms with van der Waals surface area (Å²) in [5.74, 6) is -11.6. The second kappa shape index (κ2) is 7.39. The van der Waals surface area contributed by atoms with Gasteiger partial charge in [0, 0.05) is 0 Å². The number of hydrogen-bond acceptors (Lipinski definition) is 2. The van der Waals surface area contributed by atoms with Crippen LogP contribution in [-0.4, -0.2) is 29.7 Å². The van der Waals surface area contributed by atoms with Crippen LogP contribution in [0.1, 0.15) is 38.7 Å². The van der Waals surface area contributed by atoms with Crippen molar-refractivity contribution in [2.45, 2.75) is 56.7 Å². The number of hydrogen-bond donors (Lipinski definition) is 1. The molecule has 2 nitrogen and oxygen atoms in total. The number of rotatable bonds is 8. The van der Waals surface area contributed by atoms with Crippen LogP contribution in [0.2, 0.25) is 0 Å². The maximum atomic E-state index is 13.6. The van der Waals surface area contributed by atoms with E-state index in [4.69, 9.17) is 4.74 Å². The molecule has 25 heavy (non-hydrogen) atoms. The summed E-state index contributed by atoms with van der Waals surface area (Å²) in [4.78, 5) is 0. The highest BCUT2D eigenvalue weighted by molar-refractivity contribution is 5.32. The fraction of sp³-hybridized carbons (Fsp3) is 0.625. The average Bonchev–Trinajstić information content (AvgIpc) is 2.45. The van der Waals surface area contributed by atoms with Gasteiger partial charge in [0.2, 0.25) is 0 Å². The summed E-state index contributed by atoms with van der Waals surface area (Å²) in [6, 6.07) is 5.06. The summed E-state index contributed by atoms with van der Waals surface area (Å²) in [5, 5.41) is 10.1. The molecule has 0 fully saturated rings. The van der Waals surface area contributed by atoms with Gasteiger partial charge in [-0.2, -0.15) is 30.7 Å². The van der Waals surface area contributed by atoms with Gasteiger partial charge in [-0.25, -0.2) is 0 Å². The van der Waals surface area contributed by atoms with Crippen molar-refractivity contribution < 1.29 is 40.6 Å². The quantitative estimate of drug-likeness (QED) is 0.493. The Morgan fingerprint density at radius 2 is 1.64 bits per heavy atom. The van der Waals surface area contributed by atoms with Crippen molar-refractivity contribution in [1.29, 1.82) is 0 Å². The number of aliphatic hydroxyl groups is 1. The molecule has 9 heteroatoms. The van der Waals surface area contributed by atoms with Crippen molar-refractivity contribution in [3.63, 3.8) is 0 Å². The average molecular weight is 376 g/mol. The standard InChI is InChI=1S/C16H19F7O2/c1-3-4-8-25-12-7-5-6-11(9-12)13(2,24)10-14(17,18)15(19,20)16(21,22)23/h5-7,9,24H,3-4,8,10H2,1-2H3. The Morgan fingerprint density at radius 1 is 1.04 bits per heavy atom. The van der Waals surface area contributed by atoms with Gasteiger partial charge >= 0.3 is 18.0 Å². The van der Waals surface area contributed by atoms with E-state index < -0.39 is 30.0 Å². The second-order valence-corrected chi connectivity index (χ2v) is 5.96. The van der Waals surface area contributed by atoms with Crippen LogP contribution >= 0.6 is 0 Å². The molecule has 0 aromatic heterocycles. The molecule has 0 aliphatic rings. The molecule has 1 rings (SSSR count). The molecule has 0 amide bonds. The third-order valence-corrected chi connectivity index (χ3v) is 3.60. The van der Waals surface area contributed by atoms with Gasteiger partial charge in [-0.1, -0.05) is 25.5 Å². The van der Waals surface area contributed by atoms with Crippen LogP contribution in [0.3, 0.4) is 0 Å². The minimum atomic E-state index is -6.43. The lowest BCUT2D eigenvalue weighted by Crippen LogP contribution is -2.54. The molecule has 1 N–H and O–H groups in total. The molecule has 0 heterocycles. The zero-order valence-electron chi connectivity index (χ0n) is 13.6. The molecule has 1 aromatic carbocycles. The fourth-order valence-electron chi connectivity index (χ4n) is 2.11. The van der Waals surface area contributed by atoms with Crippen molar-refractivity contribution in [1.82, 2.24) is 0 Å². The Morgan fingerprint density at radius 3 is 2.16 bits per heavy atom. The van der Waals surface area contributed by atoms with Crippen molar-refractivity contribution in [2.75, 3.05) is 6.61 Å². The van der Waals surface area contributed by atoms with E-state index >= 15 is 0 Å². The first kappa shape index (κ1) is 21.5. The normalized spacial score (nSPS) is 15.8. The second-order valence-electron chi connectivity index (χ2n) is 5.96. The molecular weight excluding hydrogens is 357 g/mol. The molecule has 1 aromatic rings. The molecular formula is C16H19F7O2. The third-order valence-electron chi connectivity index (χ3n) is 3.60. The van der Waals surface area contributed by atoms with Crippen LogP contribution < -0.4 is 4.74 Å². The predicted octanol–water partition coefficient (Wildman–Crippen LogP) is 5.30. The number of benzene rings is 1. The van der Waals surface area contributed by atoms with E-state index in [9.17, 15) is 35.8 Å². The van der Waals surface area contributed by atoms with Gasteiger partial charge in [0.15, 0.2) is 0 Å². The van der Waals surface area contributed by atoms with Gasteiger partial charge in [-0.3, -0.25) is 0 Å². The maximum absolute atomic E-state index is 13.6. The Hall–Kier alpha value is -1.51. The van der Waals surface area contributed by atoms with E-state index in [1.54, 1.807) is 0 Å². The third kappa shape index (κ3) is 4.99. The van der Waals surface area contributed by atoms with Crippen LogP contribution in [0.5, 0.6) is 5.75 Å². The van der Waals surface area contributed by atoms with E-state index in [1.165, 1.54) is 12.1 Å². The van der Waals surface area contributed by atoms with Gasteiger partial charge in [-0.05, 0) is 31.0 Å². The highest BCUT2D eigenvalue weighted by atomic mass is 19.4. The number of unbranched alkanes of at least 4 members (excludes halogenated alkanes) is 1. The van der Waals surface area contributed by atoms with Crippen LogP contribution in [0.15, 0.2) is 24.3 Å². The predicted molar refractivity (Wildman–Crippen MR) is 77.0 cm³/mol. The van der Waals surface area contributed by atoms with Crippen LogP contribution in [-0.2, 0) is 5.60 Å². The van der Waals surface area contributed by atoms with Gasteiger partial charge in [0.25, 0.3) is 0 Å². The van der Waals surface area contributed by atoms with Gasteiger partial charge in [-0.15, -0.1) is 0 Å². The molecule has 0 saturated carbocycles. The molecule has 0 aliphatic heterocycles. The zero-order valence-corrected chi connectivity index (χ0v) is 13.6. The highest BCUT2D eigenvalue weighted by Crippen LogP contribution is 2.50. The van der Waals surface area contributed by atoms with E-state index in [0.717, 1.165) is 25.5 Å². The SMILES string of the molecule is CCCCOc1cccc(C(C)(O)CC(F)(F)C(F)(F)C(F)(F)F)c1. The van der Waals surface area contributed by atoms with E-state index in [1.807, 2.05) is 6.92 Å². The van der Waals surface area contributed by atoms with Crippen molar-refractivity contribution in [3.05, 3.63) is 29.8 Å². The highest BCUT2D eigenvalue weighted by Gasteiger charge is 2.73. The first-order valence-electron chi connectivity index (χ1n) is 7.52. The molecule has 1 unspecified atom stereocenters. The van der Waals surface area contributed by atoms with Crippen LogP contribution in [0, 0.1) is 0 Å². The van der Waals surface area contributed by atoms with Crippen molar-refractivity contribution in [3.8, 4) is 5.75 Å². The molecule has 1 atom stereocenters. The van der Waals surface area contributed by atoms with Gasteiger partial charge in [0.05, 0.1) is 18.6 Å². The first-order chi connectivity index (χ1) is 11.2. The molecule has 0 bridgehead atoms. The van der Waals surface area contributed by atoms with Crippen LogP contribution in [0.4, 0.5) is 30.7 Å². The molecule has 0 spiro atoms. The Labute approximate surface area is 140 Å². The smallest absolute Gasteiger partial charge is 0.459 e. The largest absolute Gasteiger partial charge is 0.494 e. The molecule has 0 saturated heterocycles. The summed E-state index contributed by atoms with van der Waals surface area (Å²) < 4.78 is 95.1. The Balaban J connectivity index is 3.03. The maximum Gasteiger partial charge on any atom is 0.459 e. The lowest BCUT2D eigenvalue weighted by Gasteiger charge is -2.34. The topological polar surface area (TPSA) is 29.5 Å². The number of halogens is 7. The molecule has 144 valence electrons. The van der Waals surface area contributed by atoms with Gasteiger partial charge < -0.3 is 9.84 Å². The van der Waals surface area contributed by atoms with Crippen LogP contribution in [0.25, 0.3) is 0 Å². The lowest BCUT2D eigenvalue weighted by atomic mass is 9.87. The monoisotopic (exact) mass is 376 g/mol. The minimum Gasteiger partial charge on any atom is -0.494 e. The fourth-order valence-corrected chi connectivity index (χ4v) is 2.11. The molecule has 0 radical (unpaired) electrons. The summed E-state index contributed by atoms with van der Waals surface area (Å²) >= 11 is 0. The van der Waals surface area contributed by atoms with E-state index in [-0.39, 0.29) is 11.3 Å². The minimum absolute atomic E-state index is 0.192. The zero-order chi connectivity index (χ0) is 19.5. The number of alkyl halides is 7. The Bertz CT molecular complexity index is 568. The first-order valence-corrected chi connectivity index (χ1v) is 7.52. The van der Waals surface area contributed by atoms with E-state index in [0.29, 0.717) is 13.0 Å². The summed E-state index contributed by atoms with van der Waals surface area (Å²) in [5.41, 5.74) is -2.87. The Kier molecular flexibility index (Phi) is 6.36. The van der Waals surface area contributed by atoms with Gasteiger partial charge in [0.1, 0.15) is 5.75 Å². The number of ether oxygens (including phenoxy) is 1. The van der Waals surface area contributed by atoms with E-state index in [2.05, 4.69) is 0 Å². The summed E-state index contributed by atoms with van der Waals surface area (Å²) in [6.45, 7) is 2.97. The summed E-state index contributed by atoms with van der Waals surface area (Å²) in [7, 11) is 0. The van der Waals surface area contributed by atoms with Crippen molar-refractivity contribution >= 4 is 0 Å². The molecule has 0 aliphatic carbocycles. The summed E-state index contributed by atoms with van der Waals surface area (Å²) in [6.07, 6.45) is -7.00. The van der Waals surface area contributed by atoms with Crippen molar-refractivity contribution in [2.24, 2.45) is 0 Å².